The molecule has 2 atom stereocenters. The first-order valence-corrected chi connectivity index (χ1v) is 7.75. The molecular weight excluding hydrogens is 264 g/mol. The summed E-state index contributed by atoms with van der Waals surface area (Å²) in [4.78, 5) is 14.3. The number of methoxy groups -OCH3 is 1. The van der Waals surface area contributed by atoms with Crippen LogP contribution in [0.3, 0.4) is 0 Å². The van der Waals surface area contributed by atoms with Gasteiger partial charge < -0.3 is 15.4 Å². The third kappa shape index (κ3) is 4.46. The summed E-state index contributed by atoms with van der Waals surface area (Å²) in [6.45, 7) is 3.68. The number of rotatable bonds is 5. The van der Waals surface area contributed by atoms with Gasteiger partial charge in [0.15, 0.2) is 0 Å². The van der Waals surface area contributed by atoms with Crippen LogP contribution in [-0.2, 0) is 11.2 Å². The van der Waals surface area contributed by atoms with Crippen LogP contribution in [0.1, 0.15) is 31.7 Å². The van der Waals surface area contributed by atoms with Gasteiger partial charge >= 0.3 is 0 Å². The Balaban J connectivity index is 1.89. The van der Waals surface area contributed by atoms with Gasteiger partial charge in [-0.3, -0.25) is 4.79 Å². The van der Waals surface area contributed by atoms with Crippen LogP contribution in [0, 0.1) is 5.92 Å². The Bertz CT molecular complexity index is 476. The van der Waals surface area contributed by atoms with Crippen molar-refractivity contribution < 1.29 is 9.53 Å². The number of para-hydroxylation sites is 1. The molecule has 0 spiro atoms. The largest absolute Gasteiger partial charge is 0.496 e. The Labute approximate surface area is 127 Å². The van der Waals surface area contributed by atoms with Gasteiger partial charge in [-0.15, -0.1) is 0 Å². The first-order chi connectivity index (χ1) is 10.1. The molecule has 1 aromatic carbocycles. The Morgan fingerprint density at radius 2 is 2.24 bits per heavy atom. The van der Waals surface area contributed by atoms with Gasteiger partial charge in [-0.25, -0.2) is 0 Å². The lowest BCUT2D eigenvalue weighted by Crippen LogP contribution is -2.46. The third-order valence-electron chi connectivity index (χ3n) is 4.09. The molecule has 2 rings (SSSR count). The summed E-state index contributed by atoms with van der Waals surface area (Å²) in [7, 11) is 1.68. The smallest absolute Gasteiger partial charge is 0.222 e. The van der Waals surface area contributed by atoms with Crippen molar-refractivity contribution in [2.24, 2.45) is 11.7 Å². The van der Waals surface area contributed by atoms with Crippen molar-refractivity contribution in [3.8, 4) is 5.75 Å². The van der Waals surface area contributed by atoms with Crippen LogP contribution in [0.2, 0.25) is 0 Å². The molecule has 1 aliphatic rings. The second-order valence-corrected chi connectivity index (χ2v) is 6.07. The monoisotopic (exact) mass is 290 g/mol. The van der Waals surface area contributed by atoms with Gasteiger partial charge in [0.1, 0.15) is 5.75 Å². The summed E-state index contributed by atoms with van der Waals surface area (Å²) in [6.07, 6.45) is 3.48. The van der Waals surface area contributed by atoms with E-state index in [0.29, 0.717) is 18.9 Å². The number of carbonyl (C=O) groups is 1. The van der Waals surface area contributed by atoms with Crippen LogP contribution in [0.15, 0.2) is 24.3 Å². The topological polar surface area (TPSA) is 55.6 Å². The predicted octanol–water partition coefficient (Wildman–Crippen LogP) is 2.21. The van der Waals surface area contributed by atoms with Crippen molar-refractivity contribution in [2.45, 2.75) is 38.6 Å². The lowest BCUT2D eigenvalue weighted by Gasteiger charge is -2.31. The minimum atomic E-state index is 0.146. The van der Waals surface area contributed by atoms with E-state index < -0.39 is 0 Å². The van der Waals surface area contributed by atoms with E-state index in [9.17, 15) is 4.79 Å². The Morgan fingerprint density at radius 1 is 1.48 bits per heavy atom. The van der Waals surface area contributed by atoms with E-state index in [1.807, 2.05) is 23.1 Å². The maximum atomic E-state index is 12.3. The molecule has 116 valence electrons. The normalized spacial score (nSPS) is 20.1. The molecule has 4 heteroatoms. The molecule has 0 aliphatic carbocycles. The lowest BCUT2D eigenvalue weighted by molar-refractivity contribution is -0.133. The number of amides is 1. The number of benzene rings is 1. The summed E-state index contributed by atoms with van der Waals surface area (Å²) in [6, 6.07) is 8.15. The standard InChI is InChI=1S/C17H26N2O2/c1-13(10-14-6-3-4-8-16(14)21-2)11-17(20)19-9-5-7-15(18)12-19/h3-4,6,8,13,15H,5,7,9-12,18H2,1-2H3/t13-,15-/m1/s1. The SMILES string of the molecule is COc1ccccc1C[C@@H](C)CC(=O)N1CCC[C@@H](N)C1. The molecule has 21 heavy (non-hydrogen) atoms. The molecule has 0 bridgehead atoms. The minimum Gasteiger partial charge on any atom is -0.496 e. The Hall–Kier alpha value is -1.55. The highest BCUT2D eigenvalue weighted by Crippen LogP contribution is 2.23. The molecule has 1 aliphatic heterocycles. The van der Waals surface area contributed by atoms with Gasteiger partial charge in [-0.2, -0.15) is 0 Å². The average Bonchev–Trinajstić information content (AvgIpc) is 2.47. The number of nitrogens with zero attached hydrogens (tertiary/aromatic N) is 1. The van der Waals surface area contributed by atoms with E-state index in [0.717, 1.165) is 37.1 Å². The number of piperidine rings is 1. The fourth-order valence-electron chi connectivity index (χ4n) is 2.98. The summed E-state index contributed by atoms with van der Waals surface area (Å²) in [5.41, 5.74) is 7.11. The molecule has 1 heterocycles. The van der Waals surface area contributed by atoms with E-state index >= 15 is 0 Å². The molecule has 1 fully saturated rings. The average molecular weight is 290 g/mol. The molecule has 4 nitrogen and oxygen atoms in total. The molecule has 1 aromatic rings. The highest BCUT2D eigenvalue weighted by atomic mass is 16.5. The zero-order valence-electron chi connectivity index (χ0n) is 13.0. The van der Waals surface area contributed by atoms with Crippen LogP contribution in [-0.4, -0.2) is 37.0 Å². The number of nitrogens with two attached hydrogens (primary N) is 1. The van der Waals surface area contributed by atoms with Crippen LogP contribution in [0.4, 0.5) is 0 Å². The van der Waals surface area contributed by atoms with E-state index in [2.05, 4.69) is 13.0 Å². The molecular formula is C17H26N2O2. The molecule has 1 saturated heterocycles. The number of hydrogen-bond donors (Lipinski definition) is 1. The highest BCUT2D eigenvalue weighted by molar-refractivity contribution is 5.76. The molecule has 0 saturated carbocycles. The minimum absolute atomic E-state index is 0.146. The second kappa shape index (κ2) is 7.46. The lowest BCUT2D eigenvalue weighted by atomic mass is 9.96. The quantitative estimate of drug-likeness (QED) is 0.904. The van der Waals surface area contributed by atoms with Crippen molar-refractivity contribution in [3.05, 3.63) is 29.8 Å². The van der Waals surface area contributed by atoms with Crippen molar-refractivity contribution >= 4 is 5.91 Å². The first kappa shape index (κ1) is 15.8. The van der Waals surface area contributed by atoms with E-state index in [-0.39, 0.29) is 11.9 Å². The number of ether oxygens (including phenoxy) is 1. The zero-order chi connectivity index (χ0) is 15.2. The van der Waals surface area contributed by atoms with Crippen molar-refractivity contribution in [1.82, 2.24) is 4.90 Å². The van der Waals surface area contributed by atoms with Crippen molar-refractivity contribution in [3.63, 3.8) is 0 Å². The van der Waals surface area contributed by atoms with E-state index in [1.54, 1.807) is 7.11 Å². The molecule has 0 aromatic heterocycles. The van der Waals surface area contributed by atoms with E-state index in [4.69, 9.17) is 10.5 Å². The maximum Gasteiger partial charge on any atom is 0.222 e. The van der Waals surface area contributed by atoms with Gasteiger partial charge in [0.2, 0.25) is 5.91 Å². The Morgan fingerprint density at radius 3 is 2.95 bits per heavy atom. The van der Waals surface area contributed by atoms with Crippen LogP contribution in [0.25, 0.3) is 0 Å². The number of carbonyl (C=O) groups excluding carboxylic acids is 1. The highest BCUT2D eigenvalue weighted by Gasteiger charge is 2.22. The summed E-state index contributed by atoms with van der Waals surface area (Å²) in [5, 5.41) is 0. The van der Waals surface area contributed by atoms with Gasteiger partial charge in [-0.05, 0) is 36.8 Å². The molecule has 2 N–H and O–H groups in total. The van der Waals surface area contributed by atoms with Gasteiger partial charge in [-0.1, -0.05) is 25.1 Å². The van der Waals surface area contributed by atoms with Gasteiger partial charge in [0.05, 0.1) is 7.11 Å². The van der Waals surface area contributed by atoms with Gasteiger partial charge in [0.25, 0.3) is 0 Å². The summed E-state index contributed by atoms with van der Waals surface area (Å²) < 4.78 is 5.37. The predicted molar refractivity (Wildman–Crippen MR) is 84.3 cm³/mol. The van der Waals surface area contributed by atoms with Crippen molar-refractivity contribution in [1.29, 1.82) is 0 Å². The number of hydrogen-bond acceptors (Lipinski definition) is 3. The third-order valence-corrected chi connectivity index (χ3v) is 4.09. The van der Waals surface area contributed by atoms with Crippen LogP contribution < -0.4 is 10.5 Å². The van der Waals surface area contributed by atoms with E-state index in [1.165, 1.54) is 0 Å². The van der Waals surface area contributed by atoms with Crippen LogP contribution in [0.5, 0.6) is 5.75 Å². The zero-order valence-corrected chi connectivity index (χ0v) is 13.0. The molecule has 1 amide bonds. The second-order valence-electron chi connectivity index (χ2n) is 6.07. The number of likely N-dealkylation sites (tertiary alicyclic amines) is 1. The maximum absolute atomic E-state index is 12.3. The molecule has 0 unspecified atom stereocenters. The van der Waals surface area contributed by atoms with Gasteiger partial charge in [0, 0.05) is 25.6 Å². The molecule has 0 radical (unpaired) electrons. The Kier molecular flexibility index (Phi) is 5.62. The fourth-order valence-corrected chi connectivity index (χ4v) is 2.98. The summed E-state index contributed by atoms with van der Waals surface area (Å²) in [5.74, 6) is 1.43. The van der Waals surface area contributed by atoms with Crippen LogP contribution >= 0.6 is 0 Å². The van der Waals surface area contributed by atoms with Crippen molar-refractivity contribution in [2.75, 3.05) is 20.2 Å². The first-order valence-electron chi connectivity index (χ1n) is 7.75. The fraction of sp³-hybridized carbons (Fsp3) is 0.588. The summed E-state index contributed by atoms with van der Waals surface area (Å²) >= 11 is 0.